The van der Waals surface area contributed by atoms with Crippen molar-refractivity contribution in [3.05, 3.63) is 29.6 Å². The highest BCUT2D eigenvalue weighted by atomic mass is 19.1. The Balaban J connectivity index is 2.66. The normalized spacial score (nSPS) is 12.9. The van der Waals surface area contributed by atoms with Crippen LogP contribution in [-0.4, -0.2) is 36.8 Å². The predicted molar refractivity (Wildman–Crippen MR) is 61.0 cm³/mol. The molecule has 0 amide bonds. The topological polar surface area (TPSA) is 32.7 Å². The molecule has 1 N–H and O–H groups in total. The quantitative estimate of drug-likeness (QED) is 0.830. The van der Waals surface area contributed by atoms with Crippen LogP contribution in [0.3, 0.4) is 0 Å². The van der Waals surface area contributed by atoms with Gasteiger partial charge in [0.2, 0.25) is 0 Å². The number of hydrogen-bond donors (Lipinski definition) is 1. The molecular weight excluding hydrogens is 209 g/mol. The van der Waals surface area contributed by atoms with E-state index in [-0.39, 0.29) is 5.82 Å². The highest BCUT2D eigenvalue weighted by Crippen LogP contribution is 2.17. The van der Waals surface area contributed by atoms with Crippen LogP contribution in [0, 0.1) is 5.82 Å². The number of nitrogens with zero attached hydrogens (tertiary/aromatic N) is 1. The summed E-state index contributed by atoms with van der Waals surface area (Å²) in [5.41, 5.74) is 0.601. The largest absolute Gasteiger partial charge is 0.497 e. The molecule has 0 spiro atoms. The number of rotatable bonds is 5. The minimum Gasteiger partial charge on any atom is -0.497 e. The van der Waals surface area contributed by atoms with Gasteiger partial charge < -0.3 is 9.84 Å². The summed E-state index contributed by atoms with van der Waals surface area (Å²) in [5, 5.41) is 9.20. The minimum atomic E-state index is -0.411. The summed E-state index contributed by atoms with van der Waals surface area (Å²) in [6.45, 7) is 2.70. The number of ether oxygens (including phenoxy) is 1. The smallest absolute Gasteiger partial charge is 0.131 e. The lowest BCUT2D eigenvalue weighted by atomic mass is 10.2. The number of methoxy groups -OCH3 is 1. The van der Waals surface area contributed by atoms with Crippen LogP contribution in [0.25, 0.3) is 0 Å². The van der Waals surface area contributed by atoms with E-state index in [1.54, 1.807) is 19.1 Å². The van der Waals surface area contributed by atoms with Crippen LogP contribution in [-0.2, 0) is 6.54 Å². The molecule has 3 nitrogen and oxygen atoms in total. The molecule has 16 heavy (non-hydrogen) atoms. The van der Waals surface area contributed by atoms with E-state index in [9.17, 15) is 9.50 Å². The number of aliphatic hydroxyl groups is 1. The molecule has 0 aromatic heterocycles. The average Bonchev–Trinajstić information content (AvgIpc) is 2.19. The first kappa shape index (κ1) is 12.9. The van der Waals surface area contributed by atoms with Gasteiger partial charge in [-0.2, -0.15) is 0 Å². The van der Waals surface area contributed by atoms with Gasteiger partial charge in [-0.15, -0.1) is 0 Å². The van der Waals surface area contributed by atoms with E-state index in [2.05, 4.69) is 0 Å². The van der Waals surface area contributed by atoms with E-state index >= 15 is 0 Å². The van der Waals surface area contributed by atoms with Crippen LogP contribution >= 0.6 is 0 Å². The van der Waals surface area contributed by atoms with Gasteiger partial charge in [0, 0.05) is 24.7 Å². The summed E-state index contributed by atoms with van der Waals surface area (Å²) in [5.74, 6) is 0.233. The van der Waals surface area contributed by atoms with Crippen molar-refractivity contribution < 1.29 is 14.2 Å². The van der Waals surface area contributed by atoms with Gasteiger partial charge in [-0.3, -0.25) is 4.90 Å². The minimum absolute atomic E-state index is 0.281. The van der Waals surface area contributed by atoms with Gasteiger partial charge in [0.15, 0.2) is 0 Å². The molecule has 0 saturated heterocycles. The fourth-order valence-corrected chi connectivity index (χ4v) is 1.59. The molecule has 0 radical (unpaired) electrons. The van der Waals surface area contributed by atoms with E-state index in [1.807, 2.05) is 11.9 Å². The van der Waals surface area contributed by atoms with Crippen LogP contribution in [0.1, 0.15) is 12.5 Å². The van der Waals surface area contributed by atoms with Gasteiger partial charge in [0.1, 0.15) is 11.6 Å². The summed E-state index contributed by atoms with van der Waals surface area (Å²) in [6.07, 6.45) is -0.411. The monoisotopic (exact) mass is 227 g/mol. The number of likely N-dealkylation sites (N-methyl/N-ethyl adjacent to an activating group) is 1. The Morgan fingerprint density at radius 2 is 2.19 bits per heavy atom. The molecule has 0 bridgehead atoms. The zero-order valence-electron chi connectivity index (χ0n) is 9.90. The Morgan fingerprint density at radius 3 is 2.69 bits per heavy atom. The second-order valence-corrected chi connectivity index (χ2v) is 4.00. The Morgan fingerprint density at radius 1 is 1.50 bits per heavy atom. The molecule has 0 fully saturated rings. The van der Waals surface area contributed by atoms with E-state index < -0.39 is 6.10 Å². The average molecular weight is 227 g/mol. The van der Waals surface area contributed by atoms with Crippen molar-refractivity contribution in [3.8, 4) is 5.75 Å². The van der Waals surface area contributed by atoms with Crippen molar-refractivity contribution in [2.45, 2.75) is 19.6 Å². The fraction of sp³-hybridized carbons (Fsp3) is 0.500. The molecular formula is C12H18FNO2. The lowest BCUT2D eigenvalue weighted by Crippen LogP contribution is -2.27. The van der Waals surface area contributed by atoms with E-state index in [0.29, 0.717) is 24.4 Å². The zero-order chi connectivity index (χ0) is 12.1. The first-order valence-corrected chi connectivity index (χ1v) is 5.22. The molecule has 1 aromatic carbocycles. The van der Waals surface area contributed by atoms with Gasteiger partial charge in [-0.25, -0.2) is 4.39 Å². The number of aliphatic hydroxyl groups excluding tert-OH is 1. The number of halogens is 1. The van der Waals surface area contributed by atoms with Gasteiger partial charge in [0.25, 0.3) is 0 Å². The van der Waals surface area contributed by atoms with Crippen LogP contribution in [0.4, 0.5) is 4.39 Å². The maximum atomic E-state index is 13.6. The summed E-state index contributed by atoms with van der Waals surface area (Å²) < 4.78 is 18.5. The Kier molecular flexibility index (Phi) is 4.71. The van der Waals surface area contributed by atoms with E-state index in [4.69, 9.17) is 4.74 Å². The zero-order valence-corrected chi connectivity index (χ0v) is 9.90. The van der Waals surface area contributed by atoms with Gasteiger partial charge >= 0.3 is 0 Å². The molecule has 1 atom stereocenters. The second-order valence-electron chi connectivity index (χ2n) is 4.00. The van der Waals surface area contributed by atoms with Crippen LogP contribution in [0.5, 0.6) is 5.75 Å². The fourth-order valence-electron chi connectivity index (χ4n) is 1.59. The highest BCUT2D eigenvalue weighted by Gasteiger charge is 2.08. The van der Waals surface area contributed by atoms with E-state index in [0.717, 1.165) is 0 Å². The van der Waals surface area contributed by atoms with Crippen molar-refractivity contribution in [1.29, 1.82) is 0 Å². The third kappa shape index (κ3) is 3.79. The molecule has 0 aliphatic carbocycles. The lowest BCUT2D eigenvalue weighted by molar-refractivity contribution is 0.137. The molecule has 1 aromatic rings. The van der Waals surface area contributed by atoms with Crippen molar-refractivity contribution in [1.82, 2.24) is 4.90 Å². The molecule has 0 heterocycles. The maximum absolute atomic E-state index is 13.6. The predicted octanol–water partition coefficient (Wildman–Crippen LogP) is 1.65. The van der Waals surface area contributed by atoms with Crippen molar-refractivity contribution >= 4 is 0 Å². The van der Waals surface area contributed by atoms with Crippen molar-refractivity contribution in [3.63, 3.8) is 0 Å². The summed E-state index contributed by atoms with van der Waals surface area (Å²) in [6, 6.07) is 4.80. The third-order valence-electron chi connectivity index (χ3n) is 2.28. The van der Waals surface area contributed by atoms with Crippen molar-refractivity contribution in [2.24, 2.45) is 0 Å². The molecule has 1 unspecified atom stereocenters. The first-order valence-electron chi connectivity index (χ1n) is 5.22. The first-order chi connectivity index (χ1) is 7.52. The Hall–Kier alpha value is -1.13. The standard InChI is InChI=1S/C12H18FNO2/c1-9(15)7-14(2)8-10-4-5-11(16-3)6-12(10)13/h4-6,9,15H,7-8H2,1-3H3. The van der Waals surface area contributed by atoms with E-state index in [1.165, 1.54) is 13.2 Å². The molecule has 0 aliphatic heterocycles. The number of benzene rings is 1. The van der Waals surface area contributed by atoms with Gasteiger partial charge in [0.05, 0.1) is 13.2 Å². The summed E-state index contributed by atoms with van der Waals surface area (Å²) in [4.78, 5) is 1.87. The van der Waals surface area contributed by atoms with Crippen LogP contribution < -0.4 is 4.74 Å². The van der Waals surface area contributed by atoms with Gasteiger partial charge in [-0.05, 0) is 20.0 Å². The molecule has 0 saturated carbocycles. The molecule has 1 rings (SSSR count). The van der Waals surface area contributed by atoms with Crippen LogP contribution in [0.15, 0.2) is 18.2 Å². The molecule has 4 heteroatoms. The summed E-state index contributed by atoms with van der Waals surface area (Å²) in [7, 11) is 3.35. The third-order valence-corrected chi connectivity index (χ3v) is 2.28. The van der Waals surface area contributed by atoms with Crippen molar-refractivity contribution in [2.75, 3.05) is 20.7 Å². The SMILES string of the molecule is COc1ccc(CN(C)CC(C)O)c(F)c1. The summed E-state index contributed by atoms with van der Waals surface area (Å²) >= 11 is 0. The molecule has 0 aliphatic rings. The second kappa shape index (κ2) is 5.82. The van der Waals surface area contributed by atoms with Gasteiger partial charge in [-0.1, -0.05) is 6.07 Å². The number of hydrogen-bond acceptors (Lipinski definition) is 3. The van der Waals surface area contributed by atoms with Crippen LogP contribution in [0.2, 0.25) is 0 Å². The maximum Gasteiger partial charge on any atom is 0.131 e. The molecule has 90 valence electrons. The highest BCUT2D eigenvalue weighted by molar-refractivity contribution is 5.28. The Bertz CT molecular complexity index is 342. The Labute approximate surface area is 95.5 Å². The lowest BCUT2D eigenvalue weighted by Gasteiger charge is -2.18.